The molecule has 0 aromatic heterocycles. The Morgan fingerprint density at radius 2 is 1.27 bits per heavy atom. The first-order valence-corrected chi connectivity index (χ1v) is 12.0. The second-order valence-electron chi connectivity index (χ2n) is 7.75. The normalized spacial score (nSPS) is 13.4. The molecule has 7 nitrogen and oxygen atoms in total. The fourth-order valence-electron chi connectivity index (χ4n) is 3.77. The van der Waals surface area contributed by atoms with Gasteiger partial charge in [-0.15, -0.1) is 0 Å². The van der Waals surface area contributed by atoms with Crippen molar-refractivity contribution in [2.75, 3.05) is 50.9 Å². The number of ether oxygens (including phenoxy) is 3. The zero-order chi connectivity index (χ0) is 27.3. The maximum Gasteiger partial charge on any atom is 0.257 e. The number of nitrogens with zero attached hydrogens (tertiary/aromatic N) is 2. The van der Waals surface area contributed by atoms with Gasteiger partial charge in [-0.25, -0.2) is 22.0 Å². The Morgan fingerprint density at radius 1 is 0.811 bits per heavy atom. The molecule has 202 valence electrons. The van der Waals surface area contributed by atoms with E-state index in [1.165, 1.54) is 12.1 Å². The summed E-state index contributed by atoms with van der Waals surface area (Å²) < 4.78 is 85.7. The number of nitrogens with one attached hydrogen (secondary N) is 1. The number of hydrogen-bond acceptors (Lipinski definition) is 6. The van der Waals surface area contributed by atoms with Crippen LogP contribution in [-0.4, -0.2) is 61.9 Å². The number of carbonyl (C=O) groups is 1. The summed E-state index contributed by atoms with van der Waals surface area (Å²) in [7, 11) is 0. The lowest BCUT2D eigenvalue weighted by atomic mass is 10.1. The molecule has 1 aliphatic heterocycles. The molecule has 0 atom stereocenters. The van der Waals surface area contributed by atoms with Gasteiger partial charge in [0.2, 0.25) is 11.6 Å². The average molecular weight is 548 g/mol. The van der Waals surface area contributed by atoms with E-state index in [0.717, 1.165) is 4.90 Å². The summed E-state index contributed by atoms with van der Waals surface area (Å²) in [6.45, 7) is 6.30. The lowest BCUT2D eigenvalue weighted by molar-refractivity contribution is 0.0972. The topological polar surface area (TPSA) is 63.3 Å². The predicted octanol–water partition coefficient (Wildman–Crippen LogP) is 4.42. The number of carbonyl (C=O) groups excluding carboxylic acids is 1. The van der Waals surface area contributed by atoms with Crippen LogP contribution in [0.15, 0.2) is 12.1 Å². The molecular weight excluding hydrogens is 521 g/mol. The van der Waals surface area contributed by atoms with Crippen molar-refractivity contribution in [2.24, 2.45) is 0 Å². The third-order valence-electron chi connectivity index (χ3n) is 5.46. The van der Waals surface area contributed by atoms with Crippen molar-refractivity contribution in [3.05, 3.63) is 46.8 Å². The first kappa shape index (κ1) is 28.2. The Hall–Kier alpha value is -3.35. The van der Waals surface area contributed by atoms with Crippen molar-refractivity contribution in [3.8, 4) is 17.2 Å². The average Bonchev–Trinajstić information content (AvgIpc) is 2.88. The first-order chi connectivity index (χ1) is 17.6. The summed E-state index contributed by atoms with van der Waals surface area (Å²) >= 11 is 5.32. The molecule has 1 N–H and O–H groups in total. The van der Waals surface area contributed by atoms with E-state index in [4.69, 9.17) is 26.4 Å². The van der Waals surface area contributed by atoms with Gasteiger partial charge in [-0.2, -0.15) is 0 Å². The third kappa shape index (κ3) is 5.97. The SMILES string of the molecule is CCOc1cc(C(=O)NC(=S)N2CCN(c3c(F)c(F)c(F)c(F)c3F)CC2)cc(OCC)c1OCC. The maximum absolute atomic E-state index is 14.2. The van der Waals surface area contributed by atoms with Gasteiger partial charge in [0.25, 0.3) is 5.91 Å². The second-order valence-corrected chi connectivity index (χ2v) is 8.14. The van der Waals surface area contributed by atoms with E-state index in [9.17, 15) is 26.7 Å². The second kappa shape index (κ2) is 12.3. The molecule has 0 unspecified atom stereocenters. The molecule has 0 aliphatic carbocycles. The van der Waals surface area contributed by atoms with Crippen molar-refractivity contribution in [3.63, 3.8) is 0 Å². The molecule has 1 heterocycles. The predicted molar refractivity (Wildman–Crippen MR) is 130 cm³/mol. The molecule has 13 heteroatoms. The Morgan fingerprint density at radius 3 is 1.73 bits per heavy atom. The minimum absolute atomic E-state index is 0.0341. The van der Waals surface area contributed by atoms with Crippen molar-refractivity contribution in [1.29, 1.82) is 0 Å². The number of anilines is 1. The van der Waals surface area contributed by atoms with Crippen molar-refractivity contribution in [2.45, 2.75) is 20.8 Å². The largest absolute Gasteiger partial charge is 0.490 e. The fourth-order valence-corrected chi connectivity index (χ4v) is 4.05. The molecule has 0 spiro atoms. The maximum atomic E-state index is 14.2. The molecular formula is C24H26F5N3O4S. The number of benzene rings is 2. The highest BCUT2D eigenvalue weighted by Crippen LogP contribution is 2.39. The monoisotopic (exact) mass is 547 g/mol. The first-order valence-electron chi connectivity index (χ1n) is 11.6. The number of rotatable bonds is 8. The highest BCUT2D eigenvalue weighted by molar-refractivity contribution is 7.80. The van der Waals surface area contributed by atoms with Crippen molar-refractivity contribution >= 4 is 28.9 Å². The molecule has 0 saturated carbocycles. The van der Waals surface area contributed by atoms with Crippen LogP contribution in [-0.2, 0) is 0 Å². The van der Waals surface area contributed by atoms with Gasteiger partial charge in [0.1, 0.15) is 5.69 Å². The van der Waals surface area contributed by atoms with Gasteiger partial charge in [0, 0.05) is 31.7 Å². The lowest BCUT2D eigenvalue weighted by Gasteiger charge is -2.37. The van der Waals surface area contributed by atoms with E-state index in [-0.39, 0.29) is 36.9 Å². The van der Waals surface area contributed by atoms with Crippen LogP contribution in [0.4, 0.5) is 27.6 Å². The summed E-state index contributed by atoms with van der Waals surface area (Å²) in [6, 6.07) is 2.99. The van der Waals surface area contributed by atoms with E-state index in [2.05, 4.69) is 5.32 Å². The Labute approximate surface area is 216 Å². The molecule has 37 heavy (non-hydrogen) atoms. The van der Waals surface area contributed by atoms with E-state index >= 15 is 0 Å². The standard InChI is InChI=1S/C24H26F5N3O4S/c1-4-34-14-11-13(12-15(35-5-2)22(14)36-6-3)23(33)30-24(37)32-9-7-31(8-10-32)21-19(28)17(26)16(25)18(27)20(21)29/h11-12H,4-10H2,1-3H3,(H,30,33,37). The van der Waals surface area contributed by atoms with Crippen LogP contribution in [0.25, 0.3) is 0 Å². The lowest BCUT2D eigenvalue weighted by Crippen LogP contribution is -2.53. The Balaban J connectivity index is 1.72. The highest BCUT2D eigenvalue weighted by Gasteiger charge is 2.31. The molecule has 1 fully saturated rings. The van der Waals surface area contributed by atoms with Crippen LogP contribution < -0.4 is 24.4 Å². The smallest absolute Gasteiger partial charge is 0.257 e. The molecule has 2 aromatic carbocycles. The minimum atomic E-state index is -2.21. The van der Waals surface area contributed by atoms with E-state index in [1.54, 1.807) is 25.7 Å². The van der Waals surface area contributed by atoms with E-state index < -0.39 is 40.7 Å². The molecule has 1 saturated heterocycles. The van der Waals surface area contributed by atoms with Crippen molar-refractivity contribution < 1.29 is 41.0 Å². The number of piperazine rings is 1. The number of thiocarbonyl (C=S) groups is 1. The molecule has 3 rings (SSSR count). The Kier molecular flexibility index (Phi) is 9.35. The zero-order valence-corrected chi connectivity index (χ0v) is 21.2. The van der Waals surface area contributed by atoms with Gasteiger partial charge in [-0.1, -0.05) is 0 Å². The minimum Gasteiger partial charge on any atom is -0.490 e. The van der Waals surface area contributed by atoms with Crippen LogP contribution >= 0.6 is 12.2 Å². The van der Waals surface area contributed by atoms with Gasteiger partial charge < -0.3 is 24.0 Å². The van der Waals surface area contributed by atoms with Crippen LogP contribution in [0.5, 0.6) is 17.2 Å². The summed E-state index contributed by atoms with van der Waals surface area (Å²) in [4.78, 5) is 15.6. The molecule has 1 aliphatic rings. The van der Waals surface area contributed by atoms with Gasteiger partial charge in [-0.3, -0.25) is 10.1 Å². The molecule has 1 amide bonds. The van der Waals surface area contributed by atoms with Crippen LogP contribution in [0.3, 0.4) is 0 Å². The summed E-state index contributed by atoms with van der Waals surface area (Å²) in [5.74, 6) is -9.56. The van der Waals surface area contributed by atoms with E-state index in [0.29, 0.717) is 37.1 Å². The van der Waals surface area contributed by atoms with Gasteiger partial charge >= 0.3 is 0 Å². The molecule has 0 bridgehead atoms. The van der Waals surface area contributed by atoms with Crippen LogP contribution in [0.2, 0.25) is 0 Å². The summed E-state index contributed by atoms with van der Waals surface area (Å²) in [6.07, 6.45) is 0. The third-order valence-corrected chi connectivity index (χ3v) is 5.82. The molecule has 2 aromatic rings. The number of amides is 1. The van der Waals surface area contributed by atoms with Crippen molar-refractivity contribution in [1.82, 2.24) is 10.2 Å². The quantitative estimate of drug-likeness (QED) is 0.227. The summed E-state index contributed by atoms with van der Waals surface area (Å²) in [5.41, 5.74) is -0.801. The van der Waals surface area contributed by atoms with Crippen LogP contribution in [0.1, 0.15) is 31.1 Å². The number of hydrogen-bond donors (Lipinski definition) is 1. The zero-order valence-electron chi connectivity index (χ0n) is 20.4. The molecule has 0 radical (unpaired) electrons. The fraction of sp³-hybridized carbons (Fsp3) is 0.417. The summed E-state index contributed by atoms with van der Waals surface area (Å²) in [5, 5.41) is 2.62. The van der Waals surface area contributed by atoms with Gasteiger partial charge in [0.05, 0.1) is 19.8 Å². The van der Waals surface area contributed by atoms with Gasteiger partial charge in [0.15, 0.2) is 39.9 Å². The highest BCUT2D eigenvalue weighted by atomic mass is 32.1. The Bertz CT molecular complexity index is 1120. The van der Waals surface area contributed by atoms with Gasteiger partial charge in [-0.05, 0) is 45.1 Å². The van der Waals surface area contributed by atoms with Crippen LogP contribution in [0, 0.1) is 29.1 Å². The number of halogens is 5. The van der Waals surface area contributed by atoms with E-state index in [1.807, 2.05) is 0 Å².